The van der Waals surface area contributed by atoms with Crippen molar-refractivity contribution < 1.29 is 37.7 Å². The van der Waals surface area contributed by atoms with Gasteiger partial charge in [0.15, 0.2) is 0 Å². The highest BCUT2D eigenvalue weighted by Crippen LogP contribution is 2.27. The Morgan fingerprint density at radius 3 is 2.16 bits per heavy atom. The number of hydrogen-bond donors (Lipinski definition) is 0. The van der Waals surface area contributed by atoms with Gasteiger partial charge >= 0.3 is 0 Å². The van der Waals surface area contributed by atoms with Crippen molar-refractivity contribution >= 4 is 17.8 Å². The van der Waals surface area contributed by atoms with Gasteiger partial charge in [0.25, 0.3) is 0 Å². The molecule has 0 fully saturated rings. The summed E-state index contributed by atoms with van der Waals surface area (Å²) in [6.45, 7) is 0.700. The molecule has 0 saturated carbocycles. The van der Waals surface area contributed by atoms with Crippen LogP contribution in [0.5, 0.6) is 5.75 Å². The molecule has 0 bridgehead atoms. The Hall–Kier alpha value is -3.70. The van der Waals surface area contributed by atoms with E-state index in [0.717, 1.165) is 45.1 Å². The molecular weight excluding hydrogens is 576 g/mol. The second-order valence-corrected chi connectivity index (χ2v) is 8.60. The van der Waals surface area contributed by atoms with Crippen LogP contribution in [0.15, 0.2) is 84.9 Å². The number of hydrogen-bond acceptors (Lipinski definition) is 3. The summed E-state index contributed by atoms with van der Waals surface area (Å²) in [6, 6.07) is 29.3. The van der Waals surface area contributed by atoms with Crippen LogP contribution >= 0.6 is 0 Å². The van der Waals surface area contributed by atoms with Crippen molar-refractivity contribution in [1.29, 1.82) is 5.26 Å². The normalized spacial score (nSPS) is 10.6. The monoisotopic (exact) mass is 605 g/mol. The minimum Gasteiger partial charge on any atom is -1.00 e. The van der Waals surface area contributed by atoms with Crippen molar-refractivity contribution in [3.8, 4) is 34.2 Å². The van der Waals surface area contributed by atoms with Crippen LogP contribution in [0.1, 0.15) is 17.7 Å². The van der Waals surface area contributed by atoms with Gasteiger partial charge in [0.1, 0.15) is 18.6 Å². The standard InChI is InChI=1S/C31H29FN3O.HI/c1-34(20-4-19-33)28-14-5-23(6-15-28)7-16-29-21-26(24-10-17-30(36-3)18-11-24)22-31(35(29)2)25-8-12-27(32)13-9-25;/h5-18,21-22H,4,20H2,1-3H3;1H/q+1;/p-1. The SMILES string of the molecule is COc1ccc(-c2cc(C=Cc3ccc(N(C)CCC#N)cc3)[n+](C)c(-c3ccc(F)cc3)c2)cc1.[I-]. The molecule has 6 heteroatoms. The Bertz CT molecular complexity index is 1390. The summed E-state index contributed by atoms with van der Waals surface area (Å²) in [4.78, 5) is 2.07. The number of pyridine rings is 1. The van der Waals surface area contributed by atoms with Crippen LogP contribution in [0.3, 0.4) is 0 Å². The van der Waals surface area contributed by atoms with E-state index in [4.69, 9.17) is 10.00 Å². The highest BCUT2D eigenvalue weighted by Gasteiger charge is 2.17. The van der Waals surface area contributed by atoms with Crippen LogP contribution in [-0.4, -0.2) is 20.7 Å². The first kappa shape index (κ1) is 27.9. The molecule has 0 aliphatic rings. The molecular formula is C31H29FIN3O. The van der Waals surface area contributed by atoms with Crippen LogP contribution < -0.4 is 38.2 Å². The fraction of sp³-hybridized carbons (Fsp3) is 0.161. The number of anilines is 1. The number of methoxy groups -OCH3 is 1. The minimum atomic E-state index is -0.255. The van der Waals surface area contributed by atoms with Gasteiger partial charge in [-0.05, 0) is 71.3 Å². The van der Waals surface area contributed by atoms with Crippen LogP contribution in [-0.2, 0) is 7.05 Å². The number of benzene rings is 3. The van der Waals surface area contributed by atoms with Gasteiger partial charge in [0.05, 0.1) is 19.6 Å². The second-order valence-electron chi connectivity index (χ2n) is 8.60. The van der Waals surface area contributed by atoms with Crippen LogP contribution in [0.25, 0.3) is 34.5 Å². The topological polar surface area (TPSA) is 40.1 Å². The lowest BCUT2D eigenvalue weighted by molar-refractivity contribution is -0.662. The lowest BCUT2D eigenvalue weighted by Crippen LogP contribution is -3.00. The zero-order valence-electron chi connectivity index (χ0n) is 21.2. The molecule has 0 spiro atoms. The zero-order valence-corrected chi connectivity index (χ0v) is 23.3. The third kappa shape index (κ3) is 6.95. The summed E-state index contributed by atoms with van der Waals surface area (Å²) in [7, 11) is 5.66. The van der Waals surface area contributed by atoms with E-state index in [-0.39, 0.29) is 29.8 Å². The average molecular weight is 605 g/mol. The molecule has 0 saturated heterocycles. The minimum absolute atomic E-state index is 0. The third-order valence-corrected chi connectivity index (χ3v) is 6.25. The number of ether oxygens (including phenoxy) is 1. The van der Waals surface area contributed by atoms with Crippen molar-refractivity contribution in [3.63, 3.8) is 0 Å². The van der Waals surface area contributed by atoms with Crippen LogP contribution in [0.2, 0.25) is 0 Å². The summed E-state index contributed by atoms with van der Waals surface area (Å²) >= 11 is 0. The fourth-order valence-corrected chi connectivity index (χ4v) is 4.06. The highest BCUT2D eigenvalue weighted by atomic mass is 127. The van der Waals surface area contributed by atoms with Crippen molar-refractivity contribution in [2.75, 3.05) is 25.6 Å². The maximum atomic E-state index is 13.6. The molecule has 0 atom stereocenters. The van der Waals surface area contributed by atoms with Crippen molar-refractivity contribution in [1.82, 2.24) is 0 Å². The van der Waals surface area contributed by atoms with Gasteiger partial charge in [-0.25, -0.2) is 4.39 Å². The first-order valence-electron chi connectivity index (χ1n) is 11.8. The first-order chi connectivity index (χ1) is 17.5. The van der Waals surface area contributed by atoms with E-state index >= 15 is 0 Å². The van der Waals surface area contributed by atoms with E-state index in [1.165, 1.54) is 12.1 Å². The lowest BCUT2D eigenvalue weighted by Gasteiger charge is -2.17. The van der Waals surface area contributed by atoms with E-state index in [9.17, 15) is 4.39 Å². The summed E-state index contributed by atoms with van der Waals surface area (Å²) in [5, 5.41) is 8.82. The smallest absolute Gasteiger partial charge is 0.213 e. The van der Waals surface area contributed by atoms with Gasteiger partial charge in [0.2, 0.25) is 11.4 Å². The maximum absolute atomic E-state index is 13.6. The fourth-order valence-electron chi connectivity index (χ4n) is 4.06. The Kier molecular flexibility index (Phi) is 9.81. The van der Waals surface area contributed by atoms with E-state index < -0.39 is 0 Å². The molecule has 4 nitrogen and oxygen atoms in total. The van der Waals surface area contributed by atoms with Crippen molar-refractivity contribution in [2.24, 2.45) is 7.05 Å². The van der Waals surface area contributed by atoms with Crippen LogP contribution in [0, 0.1) is 17.1 Å². The van der Waals surface area contributed by atoms with Gasteiger partial charge < -0.3 is 33.6 Å². The number of aromatic nitrogens is 1. The summed E-state index contributed by atoms with van der Waals surface area (Å²) in [5.74, 6) is 0.551. The van der Waals surface area contributed by atoms with E-state index in [0.29, 0.717) is 13.0 Å². The average Bonchev–Trinajstić information content (AvgIpc) is 2.92. The number of nitrogens with zero attached hydrogens (tertiary/aromatic N) is 3. The number of halogens is 2. The number of rotatable bonds is 8. The molecule has 0 N–H and O–H groups in total. The summed E-state index contributed by atoms with van der Waals surface area (Å²) < 4.78 is 21.0. The van der Waals surface area contributed by atoms with Crippen LogP contribution in [0.4, 0.5) is 10.1 Å². The molecule has 0 unspecified atom stereocenters. The largest absolute Gasteiger partial charge is 1.00 e. The molecule has 0 aliphatic carbocycles. The van der Waals surface area contributed by atoms with E-state index in [1.807, 2.05) is 38.4 Å². The molecule has 0 aliphatic heterocycles. The van der Waals surface area contributed by atoms with Gasteiger partial charge in [-0.15, -0.1) is 0 Å². The second kappa shape index (κ2) is 13.0. The molecule has 37 heavy (non-hydrogen) atoms. The molecule has 1 heterocycles. The van der Waals surface area contributed by atoms with Gasteiger partial charge in [-0.1, -0.05) is 24.3 Å². The zero-order chi connectivity index (χ0) is 25.5. The summed E-state index contributed by atoms with van der Waals surface area (Å²) in [6.07, 6.45) is 4.67. The van der Waals surface area contributed by atoms with Crippen molar-refractivity contribution in [3.05, 3.63) is 102 Å². The Morgan fingerprint density at radius 2 is 1.54 bits per heavy atom. The Labute approximate surface area is 235 Å². The third-order valence-electron chi connectivity index (χ3n) is 6.25. The van der Waals surface area contributed by atoms with Gasteiger partial charge in [-0.3, -0.25) is 0 Å². The lowest BCUT2D eigenvalue weighted by atomic mass is 10.0. The Balaban J connectivity index is 0.00000380. The molecule has 4 aromatic rings. The molecule has 4 rings (SSSR count). The maximum Gasteiger partial charge on any atom is 0.213 e. The predicted octanol–water partition coefficient (Wildman–Crippen LogP) is 3.52. The summed E-state index contributed by atoms with van der Waals surface area (Å²) in [5.41, 5.74) is 7.21. The van der Waals surface area contributed by atoms with Crippen molar-refractivity contribution in [2.45, 2.75) is 6.42 Å². The highest BCUT2D eigenvalue weighted by molar-refractivity contribution is 5.74. The molecule has 188 valence electrons. The molecule has 3 aromatic carbocycles. The molecule has 0 radical (unpaired) electrons. The first-order valence-corrected chi connectivity index (χ1v) is 11.8. The van der Waals surface area contributed by atoms with E-state index in [1.54, 1.807) is 19.2 Å². The van der Waals surface area contributed by atoms with Gasteiger partial charge in [-0.2, -0.15) is 9.83 Å². The van der Waals surface area contributed by atoms with E-state index in [2.05, 4.69) is 64.1 Å². The quantitative estimate of drug-likeness (QED) is 0.228. The molecule has 1 aromatic heterocycles. The Morgan fingerprint density at radius 1 is 0.892 bits per heavy atom. The van der Waals surface area contributed by atoms with Gasteiger partial charge in [0, 0.05) is 43.1 Å². The predicted molar refractivity (Wildman–Crippen MR) is 144 cm³/mol. The molecule has 0 amide bonds. The number of nitriles is 1.